The van der Waals surface area contributed by atoms with Gasteiger partial charge in [-0.15, -0.1) is 0 Å². The quantitative estimate of drug-likeness (QED) is 0.521. The molecule has 4 N–H and O–H groups in total. The van der Waals surface area contributed by atoms with Gasteiger partial charge in [0.25, 0.3) is 0 Å². The molecule has 0 spiro atoms. The number of anilines is 3. The summed E-state index contributed by atoms with van der Waals surface area (Å²) in [5, 5.41) is 18.0. The second kappa shape index (κ2) is 7.71. The molecule has 2 aromatic rings. The Hall–Kier alpha value is -2.25. The Morgan fingerprint density at radius 2 is 1.94 bits per heavy atom. The van der Waals surface area contributed by atoms with Crippen LogP contribution in [0.1, 0.15) is 50.2 Å². The SMILES string of the molecule is CCS(=O)(=O)Nc1ccccc1Nc1cc2c(cc1O)[C@@]13CCCC[C@H]1[C@@H](C2)NCC3. The molecule has 2 bridgehead atoms. The van der Waals surface area contributed by atoms with Crippen LogP contribution in [0.2, 0.25) is 0 Å². The van der Waals surface area contributed by atoms with Gasteiger partial charge in [-0.3, -0.25) is 4.72 Å². The maximum absolute atomic E-state index is 12.1. The molecule has 6 nitrogen and oxygen atoms in total. The summed E-state index contributed by atoms with van der Waals surface area (Å²) >= 11 is 0. The molecule has 2 fully saturated rings. The number of rotatable bonds is 5. The second-order valence-corrected chi connectivity index (χ2v) is 11.2. The highest BCUT2D eigenvalue weighted by atomic mass is 32.2. The van der Waals surface area contributed by atoms with E-state index in [4.69, 9.17) is 0 Å². The van der Waals surface area contributed by atoms with Gasteiger partial charge in [-0.2, -0.15) is 0 Å². The maximum Gasteiger partial charge on any atom is 0.232 e. The summed E-state index contributed by atoms with van der Waals surface area (Å²) in [7, 11) is -3.40. The Kier molecular flexibility index (Phi) is 5.13. The van der Waals surface area contributed by atoms with Gasteiger partial charge < -0.3 is 15.7 Å². The first-order valence-corrected chi connectivity index (χ1v) is 13.0. The first kappa shape index (κ1) is 20.6. The number of fused-ring (bicyclic) bond motifs is 1. The van der Waals surface area contributed by atoms with Crippen LogP contribution in [0.25, 0.3) is 0 Å². The number of phenolic OH excluding ortho intramolecular Hbond substituents is 1. The number of para-hydroxylation sites is 2. The van der Waals surface area contributed by atoms with Crippen molar-refractivity contribution in [3.8, 4) is 5.75 Å². The van der Waals surface area contributed by atoms with Gasteiger partial charge in [0.1, 0.15) is 5.75 Å². The zero-order valence-corrected chi connectivity index (χ0v) is 18.8. The van der Waals surface area contributed by atoms with E-state index in [0.29, 0.717) is 29.0 Å². The summed E-state index contributed by atoms with van der Waals surface area (Å²) in [6, 6.07) is 11.7. The predicted molar refractivity (Wildman–Crippen MR) is 125 cm³/mol. The molecular weight excluding hydrogens is 410 g/mol. The van der Waals surface area contributed by atoms with Crippen molar-refractivity contribution in [2.45, 2.75) is 56.9 Å². The number of piperidine rings is 1. The van der Waals surface area contributed by atoms with E-state index in [9.17, 15) is 13.5 Å². The molecule has 7 heteroatoms. The lowest BCUT2D eigenvalue weighted by Gasteiger charge is -2.56. The molecule has 31 heavy (non-hydrogen) atoms. The van der Waals surface area contributed by atoms with E-state index in [0.717, 1.165) is 19.4 Å². The smallest absolute Gasteiger partial charge is 0.232 e. The molecule has 0 unspecified atom stereocenters. The van der Waals surface area contributed by atoms with Crippen molar-refractivity contribution in [1.29, 1.82) is 0 Å². The molecule has 3 aliphatic rings. The van der Waals surface area contributed by atoms with E-state index >= 15 is 0 Å². The van der Waals surface area contributed by atoms with Crippen LogP contribution in [0.5, 0.6) is 5.75 Å². The van der Waals surface area contributed by atoms with E-state index in [1.54, 1.807) is 19.1 Å². The van der Waals surface area contributed by atoms with Crippen molar-refractivity contribution in [3.63, 3.8) is 0 Å². The normalized spacial score (nSPS) is 27.1. The molecular formula is C24H31N3O3S. The van der Waals surface area contributed by atoms with Crippen molar-refractivity contribution in [3.05, 3.63) is 47.5 Å². The third kappa shape index (κ3) is 3.57. The molecule has 0 amide bonds. The molecule has 2 aliphatic carbocycles. The first-order valence-electron chi connectivity index (χ1n) is 11.4. The van der Waals surface area contributed by atoms with Crippen LogP contribution >= 0.6 is 0 Å². The minimum Gasteiger partial charge on any atom is -0.506 e. The van der Waals surface area contributed by atoms with Crippen molar-refractivity contribution >= 4 is 27.1 Å². The lowest BCUT2D eigenvalue weighted by molar-refractivity contribution is 0.0796. The summed E-state index contributed by atoms with van der Waals surface area (Å²) in [5.74, 6) is 0.885. The topological polar surface area (TPSA) is 90.5 Å². The van der Waals surface area contributed by atoms with Crippen molar-refractivity contribution in [2.75, 3.05) is 22.3 Å². The summed E-state index contributed by atoms with van der Waals surface area (Å²) < 4.78 is 26.8. The zero-order valence-electron chi connectivity index (χ0n) is 17.9. The number of hydrogen-bond donors (Lipinski definition) is 4. The van der Waals surface area contributed by atoms with Crippen LogP contribution in [0.15, 0.2) is 36.4 Å². The van der Waals surface area contributed by atoms with E-state index in [-0.39, 0.29) is 16.9 Å². The van der Waals surface area contributed by atoms with Crippen LogP contribution in [-0.2, 0) is 21.9 Å². The predicted octanol–water partition coefficient (Wildman–Crippen LogP) is 4.24. The van der Waals surface area contributed by atoms with E-state index in [2.05, 4.69) is 21.4 Å². The fourth-order valence-corrected chi connectivity index (χ4v) is 6.80. The highest BCUT2D eigenvalue weighted by Crippen LogP contribution is 2.55. The number of nitrogens with one attached hydrogen (secondary N) is 3. The lowest BCUT2D eigenvalue weighted by atomic mass is 9.53. The van der Waals surface area contributed by atoms with Crippen LogP contribution < -0.4 is 15.4 Å². The summed E-state index contributed by atoms with van der Waals surface area (Å²) in [4.78, 5) is 0. The molecule has 1 saturated heterocycles. The van der Waals surface area contributed by atoms with Crippen molar-refractivity contribution in [2.24, 2.45) is 5.92 Å². The Morgan fingerprint density at radius 1 is 1.13 bits per heavy atom. The lowest BCUT2D eigenvalue weighted by Crippen LogP contribution is -2.59. The van der Waals surface area contributed by atoms with Gasteiger partial charge in [-0.25, -0.2) is 8.42 Å². The molecule has 0 aromatic heterocycles. The average Bonchev–Trinajstić information content (AvgIpc) is 2.76. The van der Waals surface area contributed by atoms with Gasteiger partial charge in [-0.05, 0) is 80.5 Å². The van der Waals surface area contributed by atoms with Crippen LogP contribution in [0.4, 0.5) is 17.1 Å². The molecule has 5 rings (SSSR count). The molecule has 3 atom stereocenters. The Morgan fingerprint density at radius 3 is 2.74 bits per heavy atom. The molecule has 0 radical (unpaired) electrons. The largest absolute Gasteiger partial charge is 0.506 e. The molecule has 1 heterocycles. The van der Waals surface area contributed by atoms with Gasteiger partial charge >= 0.3 is 0 Å². The van der Waals surface area contributed by atoms with Crippen molar-refractivity contribution in [1.82, 2.24) is 5.32 Å². The minimum atomic E-state index is -3.40. The summed E-state index contributed by atoms with van der Waals surface area (Å²) in [6.45, 7) is 2.66. The highest BCUT2D eigenvalue weighted by molar-refractivity contribution is 7.92. The fourth-order valence-electron chi connectivity index (χ4n) is 6.14. The number of aromatic hydroxyl groups is 1. The van der Waals surface area contributed by atoms with Gasteiger partial charge in [0, 0.05) is 11.5 Å². The monoisotopic (exact) mass is 441 g/mol. The fraction of sp³-hybridized carbons (Fsp3) is 0.500. The van der Waals surface area contributed by atoms with Crippen LogP contribution in [0, 0.1) is 5.92 Å². The Balaban J connectivity index is 1.51. The third-order valence-corrected chi connectivity index (χ3v) is 8.89. The molecule has 1 saturated carbocycles. The number of hydrogen-bond acceptors (Lipinski definition) is 5. The first-order chi connectivity index (χ1) is 14.9. The van der Waals surface area contributed by atoms with E-state index in [1.807, 2.05) is 18.2 Å². The van der Waals surface area contributed by atoms with Gasteiger partial charge in [0.15, 0.2) is 0 Å². The molecule has 1 aliphatic heterocycles. The van der Waals surface area contributed by atoms with Gasteiger partial charge in [0.05, 0.1) is 22.8 Å². The van der Waals surface area contributed by atoms with Crippen LogP contribution in [-0.4, -0.2) is 31.9 Å². The third-order valence-electron chi connectivity index (χ3n) is 7.60. The van der Waals surface area contributed by atoms with Crippen molar-refractivity contribution < 1.29 is 13.5 Å². The van der Waals surface area contributed by atoms with E-state index in [1.165, 1.54) is 36.8 Å². The number of sulfonamides is 1. The van der Waals surface area contributed by atoms with Gasteiger partial charge in [0.2, 0.25) is 10.0 Å². The maximum atomic E-state index is 12.1. The standard InChI is InChI=1S/C24H31N3O3S/c1-2-31(29,30)27-20-9-4-3-8-19(20)26-22-14-16-13-21-17-7-5-6-10-24(17,11-12-25-21)18(16)15-23(22)28/h3-4,8-9,14-15,17,21,25-28H,2,5-7,10-13H2,1H3/t17-,21+,24+/m0/s1. The molecule has 166 valence electrons. The minimum absolute atomic E-state index is 0.00304. The zero-order chi connectivity index (χ0) is 21.6. The van der Waals surface area contributed by atoms with Crippen LogP contribution in [0.3, 0.4) is 0 Å². The highest BCUT2D eigenvalue weighted by Gasteiger charge is 2.51. The number of phenols is 1. The molecule has 2 aromatic carbocycles. The second-order valence-electron chi connectivity index (χ2n) is 9.23. The summed E-state index contributed by atoms with van der Waals surface area (Å²) in [6.07, 6.45) is 7.14. The Bertz CT molecular complexity index is 1100. The average molecular weight is 442 g/mol. The summed E-state index contributed by atoms with van der Waals surface area (Å²) in [5.41, 5.74) is 4.53. The van der Waals surface area contributed by atoms with E-state index < -0.39 is 10.0 Å². The van der Waals surface area contributed by atoms with Gasteiger partial charge in [-0.1, -0.05) is 25.0 Å². The Labute approximate surface area is 184 Å². The number of benzene rings is 2.